The van der Waals surface area contributed by atoms with Gasteiger partial charge in [0, 0.05) is 11.4 Å². The number of benzene rings is 2. The van der Waals surface area contributed by atoms with Crippen LogP contribution in [0.4, 0.5) is 4.39 Å². The summed E-state index contributed by atoms with van der Waals surface area (Å²) < 4.78 is 21.1. The van der Waals surface area contributed by atoms with Gasteiger partial charge in [-0.2, -0.15) is 5.26 Å². The SMILES string of the molecule is N#Cc1ccc(OCC(O)CSc2nnc(CN3CCCCC3)n2-c2ccc(F)cc2)cc1. The fourth-order valence-corrected chi connectivity index (χ4v) is 4.58. The standard InChI is InChI=1S/C24H26FN5O2S/c25-19-6-8-20(9-7-19)30-23(15-29-12-2-1-3-13-29)27-28-24(30)33-17-21(31)16-32-22-10-4-18(14-26)5-11-22/h4-11,21,31H,1-3,12-13,15-17H2. The molecule has 1 unspecified atom stereocenters. The van der Waals surface area contributed by atoms with E-state index in [0.717, 1.165) is 24.6 Å². The van der Waals surface area contributed by atoms with Crippen LogP contribution in [0.25, 0.3) is 5.69 Å². The lowest BCUT2D eigenvalue weighted by atomic mass is 10.1. The van der Waals surface area contributed by atoms with E-state index in [4.69, 9.17) is 10.00 Å². The van der Waals surface area contributed by atoms with E-state index in [0.29, 0.717) is 28.8 Å². The zero-order valence-electron chi connectivity index (χ0n) is 18.2. The molecule has 1 atom stereocenters. The molecule has 1 N–H and O–H groups in total. The predicted octanol–water partition coefficient (Wildman–Crippen LogP) is 3.80. The molecule has 3 aromatic rings. The molecule has 1 aliphatic heterocycles. The summed E-state index contributed by atoms with van der Waals surface area (Å²) in [4.78, 5) is 2.36. The van der Waals surface area contributed by atoms with Crippen LogP contribution in [0.2, 0.25) is 0 Å². The fourth-order valence-electron chi connectivity index (χ4n) is 3.70. The molecule has 0 spiro atoms. The molecule has 1 aliphatic rings. The zero-order valence-corrected chi connectivity index (χ0v) is 19.0. The number of nitriles is 1. The van der Waals surface area contributed by atoms with E-state index in [1.807, 2.05) is 4.57 Å². The number of thioether (sulfide) groups is 1. The average Bonchev–Trinajstić information content (AvgIpc) is 3.25. The van der Waals surface area contributed by atoms with Crippen LogP contribution in [-0.2, 0) is 6.54 Å². The van der Waals surface area contributed by atoms with Gasteiger partial charge in [-0.15, -0.1) is 10.2 Å². The van der Waals surface area contributed by atoms with Crippen molar-refractivity contribution in [3.8, 4) is 17.5 Å². The zero-order chi connectivity index (χ0) is 23.0. The van der Waals surface area contributed by atoms with Crippen LogP contribution >= 0.6 is 11.8 Å². The molecule has 0 aliphatic carbocycles. The maximum absolute atomic E-state index is 13.5. The molecular weight excluding hydrogens is 441 g/mol. The summed E-state index contributed by atoms with van der Waals surface area (Å²) in [6, 6.07) is 15.1. The molecule has 0 radical (unpaired) electrons. The van der Waals surface area contributed by atoms with Gasteiger partial charge >= 0.3 is 0 Å². The van der Waals surface area contributed by atoms with E-state index in [1.165, 1.54) is 43.2 Å². The molecule has 0 bridgehead atoms. The van der Waals surface area contributed by atoms with Gasteiger partial charge < -0.3 is 9.84 Å². The van der Waals surface area contributed by atoms with E-state index in [-0.39, 0.29) is 12.4 Å². The number of halogens is 1. The number of piperidine rings is 1. The summed E-state index contributed by atoms with van der Waals surface area (Å²) in [5.41, 5.74) is 1.35. The quantitative estimate of drug-likeness (QED) is 0.479. The lowest BCUT2D eigenvalue weighted by molar-refractivity contribution is 0.126. The van der Waals surface area contributed by atoms with Crippen molar-refractivity contribution in [3.63, 3.8) is 0 Å². The van der Waals surface area contributed by atoms with Crippen LogP contribution in [-0.4, -0.2) is 56.3 Å². The molecule has 2 aromatic carbocycles. The largest absolute Gasteiger partial charge is 0.491 e. The first-order chi connectivity index (χ1) is 16.1. The number of ether oxygens (including phenoxy) is 1. The van der Waals surface area contributed by atoms with Crippen molar-refractivity contribution in [2.24, 2.45) is 0 Å². The van der Waals surface area contributed by atoms with E-state index in [1.54, 1.807) is 36.4 Å². The van der Waals surface area contributed by atoms with Crippen LogP contribution in [0.1, 0.15) is 30.7 Å². The highest BCUT2D eigenvalue weighted by atomic mass is 32.2. The monoisotopic (exact) mass is 467 g/mol. The third-order valence-corrected chi connectivity index (χ3v) is 6.50. The maximum Gasteiger partial charge on any atom is 0.195 e. The molecule has 9 heteroatoms. The number of hydrogen-bond donors (Lipinski definition) is 1. The van der Waals surface area contributed by atoms with Crippen LogP contribution in [0.15, 0.2) is 53.7 Å². The molecule has 7 nitrogen and oxygen atoms in total. The Bertz CT molecular complexity index is 1080. The molecule has 1 fully saturated rings. The number of aliphatic hydroxyl groups excluding tert-OH is 1. The molecule has 1 aromatic heterocycles. The highest BCUT2D eigenvalue weighted by Crippen LogP contribution is 2.25. The number of nitrogens with zero attached hydrogens (tertiary/aromatic N) is 5. The van der Waals surface area contributed by atoms with Gasteiger partial charge in [0.2, 0.25) is 0 Å². The molecule has 2 heterocycles. The fraction of sp³-hybridized carbons (Fsp3) is 0.375. The number of rotatable bonds is 9. The minimum Gasteiger partial charge on any atom is -0.491 e. The van der Waals surface area contributed by atoms with Gasteiger partial charge in [-0.05, 0) is 74.5 Å². The normalized spacial score (nSPS) is 15.2. The molecule has 1 saturated heterocycles. The molecular formula is C24H26FN5O2S. The topological polar surface area (TPSA) is 87.2 Å². The van der Waals surface area contributed by atoms with E-state index in [9.17, 15) is 9.50 Å². The third kappa shape index (κ3) is 6.32. The van der Waals surface area contributed by atoms with E-state index in [2.05, 4.69) is 21.2 Å². The van der Waals surface area contributed by atoms with Crippen LogP contribution in [0, 0.1) is 17.1 Å². The van der Waals surface area contributed by atoms with Crippen molar-refractivity contribution in [3.05, 3.63) is 65.7 Å². The summed E-state index contributed by atoms with van der Waals surface area (Å²) in [5, 5.41) is 28.7. The maximum atomic E-state index is 13.5. The lowest BCUT2D eigenvalue weighted by Gasteiger charge is -2.26. The minimum absolute atomic E-state index is 0.115. The second kappa shape index (κ2) is 11.3. The first-order valence-corrected chi connectivity index (χ1v) is 12.0. The Morgan fingerprint density at radius 3 is 2.48 bits per heavy atom. The van der Waals surface area contributed by atoms with Crippen LogP contribution in [0.5, 0.6) is 5.75 Å². The molecule has 0 amide bonds. The average molecular weight is 468 g/mol. The smallest absolute Gasteiger partial charge is 0.195 e. The van der Waals surface area contributed by atoms with Crippen molar-refractivity contribution in [2.75, 3.05) is 25.4 Å². The highest BCUT2D eigenvalue weighted by Gasteiger charge is 2.20. The first-order valence-electron chi connectivity index (χ1n) is 11.0. The van der Waals surface area contributed by atoms with Crippen LogP contribution < -0.4 is 4.74 Å². The summed E-state index contributed by atoms with van der Waals surface area (Å²) in [5.74, 6) is 1.46. The van der Waals surface area contributed by atoms with Crippen molar-refractivity contribution in [2.45, 2.75) is 37.1 Å². The first kappa shape index (κ1) is 23.2. The summed E-state index contributed by atoms with van der Waals surface area (Å²) in [6.07, 6.45) is 2.88. The number of aliphatic hydroxyl groups is 1. The van der Waals surface area contributed by atoms with Crippen molar-refractivity contribution in [1.82, 2.24) is 19.7 Å². The second-order valence-corrected chi connectivity index (χ2v) is 8.95. The van der Waals surface area contributed by atoms with Crippen molar-refractivity contribution < 1.29 is 14.2 Å². The molecule has 33 heavy (non-hydrogen) atoms. The number of aromatic nitrogens is 3. The molecule has 172 valence electrons. The van der Waals surface area contributed by atoms with Crippen molar-refractivity contribution >= 4 is 11.8 Å². The van der Waals surface area contributed by atoms with Gasteiger partial charge in [0.05, 0.1) is 24.3 Å². The van der Waals surface area contributed by atoms with Gasteiger partial charge in [-0.25, -0.2) is 4.39 Å². The van der Waals surface area contributed by atoms with Crippen molar-refractivity contribution in [1.29, 1.82) is 5.26 Å². The Kier molecular flexibility index (Phi) is 7.94. The number of hydrogen-bond acceptors (Lipinski definition) is 7. The Morgan fingerprint density at radius 1 is 1.06 bits per heavy atom. The summed E-state index contributed by atoms with van der Waals surface area (Å²) >= 11 is 1.38. The van der Waals surface area contributed by atoms with Gasteiger partial charge in [0.25, 0.3) is 0 Å². The van der Waals surface area contributed by atoms with Gasteiger partial charge in [-0.3, -0.25) is 9.47 Å². The van der Waals surface area contributed by atoms with Gasteiger partial charge in [0.15, 0.2) is 11.0 Å². The summed E-state index contributed by atoms with van der Waals surface area (Å²) in [7, 11) is 0. The van der Waals surface area contributed by atoms with Gasteiger partial charge in [-0.1, -0.05) is 18.2 Å². The molecule has 4 rings (SSSR count). The number of likely N-dealkylation sites (tertiary alicyclic amines) is 1. The molecule has 0 saturated carbocycles. The third-order valence-electron chi connectivity index (χ3n) is 5.43. The Morgan fingerprint density at radius 2 is 1.79 bits per heavy atom. The van der Waals surface area contributed by atoms with Gasteiger partial charge in [0.1, 0.15) is 18.2 Å². The Balaban J connectivity index is 1.42. The Labute approximate surface area is 196 Å². The lowest BCUT2D eigenvalue weighted by Crippen LogP contribution is -2.30. The predicted molar refractivity (Wildman–Crippen MR) is 124 cm³/mol. The Hall–Kier alpha value is -2.93. The van der Waals surface area contributed by atoms with Crippen LogP contribution in [0.3, 0.4) is 0 Å². The van der Waals surface area contributed by atoms with E-state index >= 15 is 0 Å². The second-order valence-electron chi connectivity index (χ2n) is 7.96. The highest BCUT2D eigenvalue weighted by molar-refractivity contribution is 7.99. The van der Waals surface area contributed by atoms with E-state index < -0.39 is 6.10 Å². The minimum atomic E-state index is -0.727. The summed E-state index contributed by atoms with van der Waals surface area (Å²) in [6.45, 7) is 2.85.